The highest BCUT2D eigenvalue weighted by atomic mass is 35.5. The quantitative estimate of drug-likeness (QED) is 0.265. The van der Waals surface area contributed by atoms with Crippen LogP contribution in [0.5, 0.6) is 0 Å². The van der Waals surface area contributed by atoms with E-state index in [0.717, 1.165) is 16.5 Å². The number of carboxylic acid groups (broad SMARTS) is 1. The first-order valence-electron chi connectivity index (χ1n) is 11.5. The standard InChI is InChI=1S/C28H21ClFNO4S2/c1-15-11-13-37-26(15)23-22(25(32)20-6-3-12-36-20)21(16-7-9-18(29)10-8-16)24(28(34)35)31(23)27(33)17-4-2-5-19(30)14-17/h2-14,21-24H,1H3,(H,34,35). The van der Waals surface area contributed by atoms with Gasteiger partial charge in [0.05, 0.1) is 16.8 Å². The molecule has 4 unspecified atom stereocenters. The maximum atomic E-state index is 14.1. The lowest BCUT2D eigenvalue weighted by atomic mass is 9.78. The lowest BCUT2D eigenvalue weighted by Gasteiger charge is -2.30. The number of likely N-dealkylation sites (tertiary alicyclic amines) is 1. The SMILES string of the molecule is Cc1ccsc1C1C(C(=O)c2cccs2)C(c2ccc(Cl)cc2)C(C(=O)O)N1C(=O)c1cccc(F)c1. The van der Waals surface area contributed by atoms with E-state index in [4.69, 9.17) is 11.6 Å². The van der Waals surface area contributed by atoms with Gasteiger partial charge in [-0.05, 0) is 71.3 Å². The zero-order valence-corrected chi connectivity index (χ0v) is 21.9. The first-order chi connectivity index (χ1) is 17.8. The largest absolute Gasteiger partial charge is 0.480 e. The van der Waals surface area contributed by atoms with Gasteiger partial charge in [0, 0.05) is 21.4 Å². The number of amides is 1. The van der Waals surface area contributed by atoms with Crippen LogP contribution < -0.4 is 0 Å². The molecule has 1 aliphatic heterocycles. The number of hydrogen-bond donors (Lipinski definition) is 1. The fraction of sp³-hybridized carbons (Fsp3) is 0.179. The number of thiophene rings is 2. The minimum absolute atomic E-state index is 0.0181. The van der Waals surface area contributed by atoms with E-state index in [1.54, 1.807) is 41.8 Å². The van der Waals surface area contributed by atoms with Crippen LogP contribution in [0.1, 0.15) is 48.0 Å². The van der Waals surface area contributed by atoms with Gasteiger partial charge in [-0.15, -0.1) is 22.7 Å². The number of Topliss-reactive ketones (excluding diaryl/α,β-unsaturated/α-hetero) is 1. The first-order valence-corrected chi connectivity index (χ1v) is 13.6. The van der Waals surface area contributed by atoms with E-state index in [-0.39, 0.29) is 11.3 Å². The third-order valence-electron chi connectivity index (χ3n) is 6.72. The monoisotopic (exact) mass is 553 g/mol. The number of carboxylic acids is 1. The Morgan fingerprint density at radius 3 is 2.32 bits per heavy atom. The van der Waals surface area contributed by atoms with Gasteiger partial charge in [-0.1, -0.05) is 35.9 Å². The highest BCUT2D eigenvalue weighted by Crippen LogP contribution is 2.53. The van der Waals surface area contributed by atoms with Crippen LogP contribution in [0.3, 0.4) is 0 Å². The Balaban J connectivity index is 1.77. The lowest BCUT2D eigenvalue weighted by Crippen LogP contribution is -2.43. The highest BCUT2D eigenvalue weighted by Gasteiger charge is 2.58. The van der Waals surface area contributed by atoms with Gasteiger partial charge in [0.1, 0.15) is 11.9 Å². The highest BCUT2D eigenvalue weighted by molar-refractivity contribution is 7.12. The van der Waals surface area contributed by atoms with Crippen molar-refractivity contribution < 1.29 is 23.9 Å². The van der Waals surface area contributed by atoms with Gasteiger partial charge in [0.15, 0.2) is 5.78 Å². The molecular formula is C28H21ClFNO4S2. The molecule has 1 fully saturated rings. The van der Waals surface area contributed by atoms with Crippen molar-refractivity contribution in [2.45, 2.75) is 24.9 Å². The molecule has 0 spiro atoms. The van der Waals surface area contributed by atoms with E-state index in [9.17, 15) is 23.9 Å². The summed E-state index contributed by atoms with van der Waals surface area (Å²) in [6.07, 6.45) is 0. The normalized spacial score (nSPS) is 21.2. The molecule has 0 bridgehead atoms. The molecule has 1 amide bonds. The summed E-state index contributed by atoms with van der Waals surface area (Å²) in [5, 5.41) is 14.6. The summed E-state index contributed by atoms with van der Waals surface area (Å²) in [5.41, 5.74) is 1.45. The maximum Gasteiger partial charge on any atom is 0.327 e. The van der Waals surface area contributed by atoms with Crippen LogP contribution >= 0.6 is 34.3 Å². The van der Waals surface area contributed by atoms with Gasteiger partial charge in [-0.25, -0.2) is 9.18 Å². The Morgan fingerprint density at radius 1 is 0.973 bits per heavy atom. The molecule has 1 aliphatic rings. The zero-order chi connectivity index (χ0) is 26.3. The predicted octanol–water partition coefficient (Wildman–Crippen LogP) is 6.84. The molecule has 5 nitrogen and oxygen atoms in total. The average Bonchev–Trinajstić information content (AvgIpc) is 3.62. The summed E-state index contributed by atoms with van der Waals surface area (Å²) in [5.74, 6) is -4.51. The second kappa shape index (κ2) is 10.2. The molecule has 9 heteroatoms. The van der Waals surface area contributed by atoms with Crippen molar-refractivity contribution in [2.24, 2.45) is 5.92 Å². The molecule has 0 radical (unpaired) electrons. The van der Waals surface area contributed by atoms with Crippen LogP contribution in [-0.2, 0) is 4.79 Å². The number of carbonyl (C=O) groups is 3. The molecular weight excluding hydrogens is 533 g/mol. The number of halogens is 2. The van der Waals surface area contributed by atoms with E-state index < -0.39 is 41.6 Å². The smallest absolute Gasteiger partial charge is 0.327 e. The number of benzene rings is 2. The summed E-state index contributed by atoms with van der Waals surface area (Å²) in [4.78, 5) is 43.5. The molecule has 188 valence electrons. The van der Waals surface area contributed by atoms with Crippen molar-refractivity contribution in [1.82, 2.24) is 4.90 Å². The molecule has 2 aromatic carbocycles. The maximum absolute atomic E-state index is 14.1. The van der Waals surface area contributed by atoms with Crippen LogP contribution in [0, 0.1) is 18.7 Å². The van der Waals surface area contributed by atoms with Gasteiger partial charge in [0.2, 0.25) is 0 Å². The van der Waals surface area contributed by atoms with Crippen LogP contribution in [-0.4, -0.2) is 33.7 Å². The molecule has 4 aromatic rings. The molecule has 0 saturated carbocycles. The number of ketones is 1. The molecule has 1 N–H and O–H groups in total. The second-order valence-corrected chi connectivity index (χ2v) is 11.2. The number of aliphatic carboxylic acids is 1. The predicted molar refractivity (Wildman–Crippen MR) is 142 cm³/mol. The minimum atomic E-state index is -1.38. The fourth-order valence-corrected chi connectivity index (χ4v) is 7.06. The Labute approximate surface area is 225 Å². The average molecular weight is 554 g/mol. The number of hydrogen-bond acceptors (Lipinski definition) is 5. The first kappa shape index (κ1) is 25.3. The van der Waals surface area contributed by atoms with E-state index in [2.05, 4.69) is 0 Å². The topological polar surface area (TPSA) is 74.7 Å². The summed E-state index contributed by atoms with van der Waals surface area (Å²) < 4.78 is 14.1. The summed E-state index contributed by atoms with van der Waals surface area (Å²) >= 11 is 8.76. The third-order valence-corrected chi connectivity index (χ3v) is 8.94. The third kappa shape index (κ3) is 4.61. The molecule has 3 heterocycles. The van der Waals surface area contributed by atoms with Crippen molar-refractivity contribution in [3.05, 3.63) is 115 Å². The van der Waals surface area contributed by atoms with Gasteiger partial charge in [-0.3, -0.25) is 9.59 Å². The molecule has 0 aliphatic carbocycles. The van der Waals surface area contributed by atoms with E-state index >= 15 is 0 Å². The van der Waals surface area contributed by atoms with Crippen LogP contribution in [0.2, 0.25) is 5.02 Å². The summed E-state index contributed by atoms with van der Waals surface area (Å²) in [6, 6.07) is 15.0. The molecule has 2 aromatic heterocycles. The zero-order valence-electron chi connectivity index (χ0n) is 19.5. The Hall–Kier alpha value is -3.33. The molecule has 4 atom stereocenters. The van der Waals surface area contributed by atoms with Crippen LogP contribution in [0.4, 0.5) is 4.39 Å². The van der Waals surface area contributed by atoms with Gasteiger partial charge in [0.25, 0.3) is 5.91 Å². The fourth-order valence-electron chi connectivity index (χ4n) is 5.15. The minimum Gasteiger partial charge on any atom is -0.480 e. The van der Waals surface area contributed by atoms with E-state index in [1.165, 1.54) is 45.8 Å². The Bertz CT molecular complexity index is 1470. The van der Waals surface area contributed by atoms with Crippen molar-refractivity contribution in [3.63, 3.8) is 0 Å². The number of aryl methyl sites for hydroxylation is 1. The lowest BCUT2D eigenvalue weighted by molar-refractivity contribution is -0.142. The molecule has 37 heavy (non-hydrogen) atoms. The van der Waals surface area contributed by atoms with Crippen molar-refractivity contribution in [3.8, 4) is 0 Å². The Morgan fingerprint density at radius 2 is 1.73 bits per heavy atom. The van der Waals surface area contributed by atoms with Crippen molar-refractivity contribution in [2.75, 3.05) is 0 Å². The number of rotatable bonds is 6. The van der Waals surface area contributed by atoms with E-state index in [0.29, 0.717) is 15.5 Å². The van der Waals surface area contributed by atoms with Gasteiger partial charge >= 0.3 is 5.97 Å². The number of nitrogens with zero attached hydrogens (tertiary/aromatic N) is 1. The number of carbonyl (C=O) groups excluding carboxylic acids is 2. The van der Waals surface area contributed by atoms with Crippen molar-refractivity contribution >= 4 is 51.9 Å². The summed E-state index contributed by atoms with van der Waals surface area (Å²) in [7, 11) is 0. The van der Waals surface area contributed by atoms with Crippen LogP contribution in [0.25, 0.3) is 0 Å². The summed E-state index contributed by atoms with van der Waals surface area (Å²) in [6.45, 7) is 1.87. The van der Waals surface area contributed by atoms with E-state index in [1.807, 2.05) is 18.4 Å². The molecule has 5 rings (SSSR count). The Kier molecular flexibility index (Phi) is 6.98. The van der Waals surface area contributed by atoms with Crippen molar-refractivity contribution in [1.29, 1.82) is 0 Å². The van der Waals surface area contributed by atoms with Gasteiger partial charge in [-0.2, -0.15) is 0 Å². The second-order valence-electron chi connectivity index (χ2n) is 8.86. The molecule has 1 saturated heterocycles. The van der Waals surface area contributed by atoms with Gasteiger partial charge < -0.3 is 10.0 Å². The van der Waals surface area contributed by atoms with Crippen LogP contribution in [0.15, 0.2) is 77.5 Å².